The maximum atomic E-state index is 12.8. The van der Waals surface area contributed by atoms with Crippen LogP contribution in [0.1, 0.15) is 35.7 Å². The van der Waals surface area contributed by atoms with Gasteiger partial charge in [-0.05, 0) is 30.5 Å². The second kappa shape index (κ2) is 9.87. The van der Waals surface area contributed by atoms with E-state index in [0.29, 0.717) is 37.9 Å². The Kier molecular flexibility index (Phi) is 7.00. The van der Waals surface area contributed by atoms with Crippen molar-refractivity contribution in [3.63, 3.8) is 0 Å². The molecule has 0 aromatic heterocycles. The summed E-state index contributed by atoms with van der Waals surface area (Å²) < 4.78 is 0. The zero-order valence-electron chi connectivity index (χ0n) is 16.6. The highest BCUT2D eigenvalue weighted by molar-refractivity contribution is 5.94. The van der Waals surface area contributed by atoms with Gasteiger partial charge >= 0.3 is 0 Å². The predicted octanol–water partition coefficient (Wildman–Crippen LogP) is 2.15. The number of rotatable bonds is 6. The van der Waals surface area contributed by atoms with Crippen LogP contribution in [0.3, 0.4) is 0 Å². The topological polar surface area (TPSA) is 78.5 Å². The maximum Gasteiger partial charge on any atom is 0.253 e. The molecule has 0 spiro atoms. The minimum atomic E-state index is -0.612. The lowest BCUT2D eigenvalue weighted by molar-refractivity contribution is -0.128. The van der Waals surface area contributed by atoms with Gasteiger partial charge in [0, 0.05) is 38.0 Å². The van der Waals surface area contributed by atoms with E-state index in [1.165, 1.54) is 6.92 Å². The minimum Gasteiger partial charge on any atom is -0.351 e. The van der Waals surface area contributed by atoms with E-state index in [1.54, 1.807) is 0 Å². The van der Waals surface area contributed by atoms with Gasteiger partial charge in [0.25, 0.3) is 5.91 Å². The van der Waals surface area contributed by atoms with E-state index in [4.69, 9.17) is 0 Å². The van der Waals surface area contributed by atoms with Crippen molar-refractivity contribution in [2.24, 2.45) is 0 Å². The van der Waals surface area contributed by atoms with Gasteiger partial charge in [0.2, 0.25) is 11.8 Å². The summed E-state index contributed by atoms with van der Waals surface area (Å²) >= 11 is 0. The molecule has 6 heteroatoms. The quantitative estimate of drug-likeness (QED) is 0.789. The molecule has 1 heterocycles. The second-order valence-electron chi connectivity index (χ2n) is 7.38. The van der Waals surface area contributed by atoms with Crippen molar-refractivity contribution in [1.29, 1.82) is 0 Å². The number of benzene rings is 2. The third-order valence-electron chi connectivity index (χ3n) is 5.13. The molecule has 1 saturated heterocycles. The molecule has 1 aliphatic rings. The van der Waals surface area contributed by atoms with Crippen LogP contribution in [-0.2, 0) is 16.0 Å². The summed E-state index contributed by atoms with van der Waals surface area (Å²) in [6.45, 7) is 2.61. The molecular weight excluding hydrogens is 366 g/mol. The fraction of sp³-hybridized carbons (Fsp3) is 0.348. The van der Waals surface area contributed by atoms with Crippen LogP contribution < -0.4 is 10.6 Å². The first-order valence-electron chi connectivity index (χ1n) is 9.98. The molecule has 29 heavy (non-hydrogen) atoms. The van der Waals surface area contributed by atoms with E-state index in [-0.39, 0.29) is 23.8 Å². The lowest BCUT2D eigenvalue weighted by Gasteiger charge is -2.33. The molecule has 2 N–H and O–H groups in total. The van der Waals surface area contributed by atoms with Gasteiger partial charge in [0.05, 0.1) is 0 Å². The zero-order chi connectivity index (χ0) is 20.6. The number of nitrogens with one attached hydrogen (secondary N) is 2. The molecule has 2 aromatic carbocycles. The van der Waals surface area contributed by atoms with Gasteiger partial charge in [-0.2, -0.15) is 0 Å². The number of hydrogen-bond acceptors (Lipinski definition) is 3. The molecule has 0 radical (unpaired) electrons. The van der Waals surface area contributed by atoms with Crippen LogP contribution in [0.15, 0.2) is 60.7 Å². The van der Waals surface area contributed by atoms with Crippen molar-refractivity contribution >= 4 is 17.7 Å². The molecule has 0 saturated carbocycles. The molecule has 0 bridgehead atoms. The lowest BCUT2D eigenvalue weighted by atomic mass is 10.0. The van der Waals surface area contributed by atoms with E-state index >= 15 is 0 Å². The molecule has 6 nitrogen and oxygen atoms in total. The normalized spacial score (nSPS) is 15.4. The minimum absolute atomic E-state index is 0.00523. The highest BCUT2D eigenvalue weighted by Crippen LogP contribution is 2.14. The first-order chi connectivity index (χ1) is 14.0. The molecule has 3 rings (SSSR count). The molecule has 152 valence electrons. The highest BCUT2D eigenvalue weighted by Gasteiger charge is 2.27. The Bertz CT molecular complexity index is 831. The van der Waals surface area contributed by atoms with Gasteiger partial charge in [-0.3, -0.25) is 14.4 Å². The smallest absolute Gasteiger partial charge is 0.253 e. The third kappa shape index (κ3) is 5.91. The van der Waals surface area contributed by atoms with Crippen LogP contribution in [0.5, 0.6) is 0 Å². The largest absolute Gasteiger partial charge is 0.351 e. The molecule has 3 amide bonds. The first kappa shape index (κ1) is 20.6. The standard InChI is InChI=1S/C23H27N3O3/c1-17(27)24-21(16-18-8-4-2-5-9-18)22(28)25-20-12-14-26(15-13-20)23(29)19-10-6-3-7-11-19/h2-11,20-21H,12-16H2,1H3,(H,24,27)(H,25,28). The van der Waals surface area contributed by atoms with E-state index < -0.39 is 6.04 Å². The van der Waals surface area contributed by atoms with Gasteiger partial charge in [-0.15, -0.1) is 0 Å². The molecule has 2 aromatic rings. The highest BCUT2D eigenvalue weighted by atomic mass is 16.2. The number of hydrogen-bond donors (Lipinski definition) is 2. The van der Waals surface area contributed by atoms with Gasteiger partial charge in [-0.1, -0.05) is 48.5 Å². The van der Waals surface area contributed by atoms with Crippen molar-refractivity contribution in [2.75, 3.05) is 13.1 Å². The second-order valence-corrected chi connectivity index (χ2v) is 7.38. The van der Waals surface area contributed by atoms with Crippen molar-refractivity contribution < 1.29 is 14.4 Å². The van der Waals surface area contributed by atoms with Crippen molar-refractivity contribution in [3.8, 4) is 0 Å². The average molecular weight is 393 g/mol. The van der Waals surface area contributed by atoms with E-state index in [1.807, 2.05) is 65.6 Å². The Labute approximate surface area is 171 Å². The fourth-order valence-electron chi connectivity index (χ4n) is 3.60. The fourth-order valence-corrected chi connectivity index (χ4v) is 3.60. The molecular formula is C23H27N3O3. The first-order valence-corrected chi connectivity index (χ1v) is 9.98. The van der Waals surface area contributed by atoms with Gasteiger partial charge in [0.1, 0.15) is 6.04 Å². The number of carbonyl (C=O) groups is 3. The van der Waals surface area contributed by atoms with E-state index in [9.17, 15) is 14.4 Å². The number of piperidine rings is 1. The number of likely N-dealkylation sites (tertiary alicyclic amines) is 1. The summed E-state index contributed by atoms with van der Waals surface area (Å²) in [5.74, 6) is -0.392. The molecule has 0 aliphatic carbocycles. The van der Waals surface area contributed by atoms with Crippen molar-refractivity contribution in [3.05, 3.63) is 71.8 Å². The van der Waals surface area contributed by atoms with Crippen LogP contribution in [0, 0.1) is 0 Å². The summed E-state index contributed by atoms with van der Waals surface area (Å²) in [5, 5.41) is 5.80. The zero-order valence-corrected chi connectivity index (χ0v) is 16.6. The summed E-state index contributed by atoms with van der Waals surface area (Å²) in [6.07, 6.45) is 1.84. The van der Waals surface area contributed by atoms with Crippen LogP contribution in [0.25, 0.3) is 0 Å². The Morgan fingerprint density at radius 2 is 1.55 bits per heavy atom. The van der Waals surface area contributed by atoms with Crippen LogP contribution in [0.2, 0.25) is 0 Å². The lowest BCUT2D eigenvalue weighted by Crippen LogP contribution is -2.53. The Balaban J connectivity index is 1.54. The maximum absolute atomic E-state index is 12.8. The SMILES string of the molecule is CC(=O)NC(Cc1ccccc1)C(=O)NC1CCN(C(=O)c2ccccc2)CC1. The van der Waals surface area contributed by atoms with Crippen LogP contribution >= 0.6 is 0 Å². The summed E-state index contributed by atoms with van der Waals surface area (Å²) in [4.78, 5) is 38.7. The van der Waals surface area contributed by atoms with Gasteiger partial charge < -0.3 is 15.5 Å². The molecule has 1 unspecified atom stereocenters. The summed E-state index contributed by atoms with van der Waals surface area (Å²) in [7, 11) is 0. The number of carbonyl (C=O) groups excluding carboxylic acids is 3. The van der Waals surface area contributed by atoms with Crippen molar-refractivity contribution in [2.45, 2.75) is 38.3 Å². The molecule has 1 aliphatic heterocycles. The molecule has 1 atom stereocenters. The number of nitrogens with zero attached hydrogens (tertiary/aromatic N) is 1. The Morgan fingerprint density at radius 3 is 2.14 bits per heavy atom. The van der Waals surface area contributed by atoms with Crippen LogP contribution in [-0.4, -0.2) is 47.8 Å². The number of amides is 3. The van der Waals surface area contributed by atoms with E-state index in [2.05, 4.69) is 10.6 Å². The summed E-state index contributed by atoms with van der Waals surface area (Å²) in [5.41, 5.74) is 1.67. The van der Waals surface area contributed by atoms with Crippen molar-refractivity contribution in [1.82, 2.24) is 15.5 Å². The monoisotopic (exact) mass is 393 g/mol. The molecule has 1 fully saturated rings. The predicted molar refractivity (Wildman–Crippen MR) is 111 cm³/mol. The van der Waals surface area contributed by atoms with Crippen LogP contribution in [0.4, 0.5) is 0 Å². The van der Waals surface area contributed by atoms with Gasteiger partial charge in [-0.25, -0.2) is 0 Å². The summed E-state index contributed by atoms with van der Waals surface area (Å²) in [6, 6.07) is 18.2. The Morgan fingerprint density at radius 1 is 0.966 bits per heavy atom. The average Bonchev–Trinajstić information content (AvgIpc) is 2.74. The third-order valence-corrected chi connectivity index (χ3v) is 5.13. The van der Waals surface area contributed by atoms with Gasteiger partial charge in [0.15, 0.2) is 0 Å². The Hall–Kier alpha value is -3.15. The van der Waals surface area contributed by atoms with E-state index in [0.717, 1.165) is 5.56 Å².